The van der Waals surface area contributed by atoms with Gasteiger partial charge in [0.1, 0.15) is 6.10 Å². The Morgan fingerprint density at radius 2 is 2.35 bits per heavy atom. The summed E-state index contributed by atoms with van der Waals surface area (Å²) in [5, 5.41) is 7.41. The lowest BCUT2D eigenvalue weighted by Crippen LogP contribution is -2.17. The Hall–Kier alpha value is -0.590. The van der Waals surface area contributed by atoms with Crippen molar-refractivity contribution in [2.45, 2.75) is 18.9 Å². The smallest absolute Gasteiger partial charge is 0.231 e. The van der Waals surface area contributed by atoms with Crippen molar-refractivity contribution in [2.75, 3.05) is 31.2 Å². The molecule has 0 aliphatic carbocycles. The zero-order valence-electron chi connectivity index (χ0n) is 9.89. The predicted octanol–water partition coefficient (Wildman–Crippen LogP) is 1.20. The summed E-state index contributed by atoms with van der Waals surface area (Å²) in [5.41, 5.74) is 0. The van der Waals surface area contributed by atoms with Gasteiger partial charge in [0.2, 0.25) is 11.7 Å². The third-order valence-electron chi connectivity index (χ3n) is 3.40. The number of thioether (sulfide) groups is 1. The molecule has 2 saturated heterocycles. The summed E-state index contributed by atoms with van der Waals surface area (Å²) in [7, 11) is 0. The molecule has 1 unspecified atom stereocenters. The van der Waals surface area contributed by atoms with Crippen LogP contribution >= 0.6 is 11.8 Å². The summed E-state index contributed by atoms with van der Waals surface area (Å²) < 4.78 is 11.0. The Balaban J connectivity index is 1.73. The van der Waals surface area contributed by atoms with E-state index in [2.05, 4.69) is 22.4 Å². The lowest BCUT2D eigenvalue weighted by molar-refractivity contribution is 0.0677. The van der Waals surface area contributed by atoms with Crippen molar-refractivity contribution in [1.29, 1.82) is 0 Å². The lowest BCUT2D eigenvalue weighted by atomic mass is 9.98. The Labute approximate surface area is 105 Å². The largest absolute Gasteiger partial charge is 0.368 e. The molecule has 94 valence electrons. The van der Waals surface area contributed by atoms with Gasteiger partial charge in [-0.3, -0.25) is 0 Å². The first-order valence-electron chi connectivity index (χ1n) is 6.08. The third-order valence-corrected chi connectivity index (χ3v) is 4.39. The second-order valence-electron chi connectivity index (χ2n) is 4.67. The minimum Gasteiger partial charge on any atom is -0.368 e. The molecule has 2 aliphatic rings. The molecule has 5 nitrogen and oxygen atoms in total. The second kappa shape index (κ2) is 4.96. The van der Waals surface area contributed by atoms with Crippen LogP contribution in [0.25, 0.3) is 0 Å². The fraction of sp³-hybridized carbons (Fsp3) is 0.818. The molecule has 6 heteroatoms. The highest BCUT2D eigenvalue weighted by molar-refractivity contribution is 7.99. The van der Waals surface area contributed by atoms with E-state index in [0.29, 0.717) is 17.7 Å². The van der Waals surface area contributed by atoms with E-state index in [1.54, 1.807) is 0 Å². The SMILES string of the molecule is C[C@@H]1CNC[C@H]1c1nc(C2CSCCO2)no1. The van der Waals surface area contributed by atoms with Crippen LogP contribution in [0.5, 0.6) is 0 Å². The van der Waals surface area contributed by atoms with Crippen LogP contribution in [0.15, 0.2) is 4.52 Å². The van der Waals surface area contributed by atoms with Crippen molar-refractivity contribution in [2.24, 2.45) is 5.92 Å². The molecule has 0 bridgehead atoms. The number of aromatic nitrogens is 2. The molecule has 1 N–H and O–H groups in total. The van der Waals surface area contributed by atoms with Crippen LogP contribution in [0.2, 0.25) is 0 Å². The standard InChI is InChI=1S/C11H17N3O2S/c1-7-4-12-5-8(7)11-13-10(14-16-11)9-6-17-3-2-15-9/h7-9,12H,2-6H2,1H3/t7-,8-,9?/m1/s1. The monoisotopic (exact) mass is 255 g/mol. The fourth-order valence-corrected chi connectivity index (χ4v) is 3.15. The molecule has 2 aliphatic heterocycles. The maximum Gasteiger partial charge on any atom is 0.231 e. The van der Waals surface area contributed by atoms with Crippen LogP contribution in [-0.4, -0.2) is 41.3 Å². The van der Waals surface area contributed by atoms with Gasteiger partial charge in [-0.05, 0) is 12.5 Å². The molecular weight excluding hydrogens is 238 g/mol. The van der Waals surface area contributed by atoms with E-state index in [1.165, 1.54) is 0 Å². The van der Waals surface area contributed by atoms with Crippen molar-refractivity contribution < 1.29 is 9.26 Å². The normalized spacial score (nSPS) is 34.1. The first kappa shape index (κ1) is 11.5. The molecule has 0 spiro atoms. The van der Waals surface area contributed by atoms with E-state index >= 15 is 0 Å². The highest BCUT2D eigenvalue weighted by Gasteiger charge is 2.31. The number of nitrogens with one attached hydrogen (secondary N) is 1. The van der Waals surface area contributed by atoms with Crippen molar-refractivity contribution in [3.8, 4) is 0 Å². The van der Waals surface area contributed by atoms with Crippen LogP contribution in [0.3, 0.4) is 0 Å². The van der Waals surface area contributed by atoms with Crippen LogP contribution in [0.4, 0.5) is 0 Å². The first-order chi connectivity index (χ1) is 8.34. The summed E-state index contributed by atoms with van der Waals surface area (Å²) in [6.07, 6.45) is 0.0101. The van der Waals surface area contributed by atoms with Crippen molar-refractivity contribution in [3.63, 3.8) is 0 Å². The molecule has 1 aromatic rings. The predicted molar refractivity (Wildman–Crippen MR) is 65.1 cm³/mol. The quantitative estimate of drug-likeness (QED) is 0.857. The Bertz CT molecular complexity index is 379. The van der Waals surface area contributed by atoms with Gasteiger partial charge in [-0.15, -0.1) is 0 Å². The van der Waals surface area contributed by atoms with Gasteiger partial charge in [0, 0.05) is 18.1 Å². The third kappa shape index (κ3) is 2.34. The van der Waals surface area contributed by atoms with Crippen LogP contribution in [0, 0.1) is 5.92 Å². The molecule has 0 aromatic carbocycles. The highest BCUT2D eigenvalue weighted by atomic mass is 32.2. The average molecular weight is 255 g/mol. The van der Waals surface area contributed by atoms with E-state index in [1.807, 2.05) is 11.8 Å². The van der Waals surface area contributed by atoms with E-state index in [4.69, 9.17) is 9.26 Å². The zero-order valence-corrected chi connectivity index (χ0v) is 10.7. The summed E-state index contributed by atoms with van der Waals surface area (Å²) >= 11 is 1.88. The molecular formula is C11H17N3O2S. The van der Waals surface area contributed by atoms with Crippen molar-refractivity contribution in [1.82, 2.24) is 15.5 Å². The topological polar surface area (TPSA) is 60.2 Å². The van der Waals surface area contributed by atoms with Gasteiger partial charge in [-0.1, -0.05) is 12.1 Å². The van der Waals surface area contributed by atoms with Crippen molar-refractivity contribution in [3.05, 3.63) is 11.7 Å². The lowest BCUT2D eigenvalue weighted by Gasteiger charge is -2.18. The van der Waals surface area contributed by atoms with Crippen molar-refractivity contribution >= 4 is 11.8 Å². The molecule has 1 aromatic heterocycles. The molecule has 17 heavy (non-hydrogen) atoms. The van der Waals surface area contributed by atoms with Gasteiger partial charge in [-0.2, -0.15) is 16.7 Å². The summed E-state index contributed by atoms with van der Waals surface area (Å²) in [5.74, 6) is 4.38. The molecule has 3 rings (SSSR count). The highest BCUT2D eigenvalue weighted by Crippen LogP contribution is 2.29. The number of rotatable bonds is 2. The molecule has 2 fully saturated rings. The number of ether oxygens (including phenoxy) is 1. The Kier molecular flexibility index (Phi) is 3.35. The van der Waals surface area contributed by atoms with E-state index in [9.17, 15) is 0 Å². The Morgan fingerprint density at radius 1 is 1.41 bits per heavy atom. The summed E-state index contributed by atoms with van der Waals surface area (Å²) in [6.45, 7) is 4.95. The minimum absolute atomic E-state index is 0.0101. The van der Waals surface area contributed by atoms with Crippen LogP contribution in [-0.2, 0) is 4.74 Å². The van der Waals surface area contributed by atoms with Crippen LogP contribution in [0.1, 0.15) is 30.7 Å². The minimum atomic E-state index is 0.0101. The maximum absolute atomic E-state index is 5.65. The number of hydrogen-bond donors (Lipinski definition) is 1. The van der Waals surface area contributed by atoms with E-state index < -0.39 is 0 Å². The molecule has 0 saturated carbocycles. The average Bonchev–Trinajstić information content (AvgIpc) is 2.98. The van der Waals surface area contributed by atoms with Gasteiger partial charge in [-0.25, -0.2) is 0 Å². The van der Waals surface area contributed by atoms with E-state index in [-0.39, 0.29) is 6.10 Å². The fourth-order valence-electron chi connectivity index (χ4n) is 2.31. The van der Waals surface area contributed by atoms with Crippen LogP contribution < -0.4 is 5.32 Å². The van der Waals surface area contributed by atoms with Gasteiger partial charge in [0.05, 0.1) is 12.5 Å². The van der Waals surface area contributed by atoms with Gasteiger partial charge in [0.25, 0.3) is 0 Å². The first-order valence-corrected chi connectivity index (χ1v) is 7.23. The summed E-state index contributed by atoms with van der Waals surface area (Å²) in [4.78, 5) is 4.51. The number of hydrogen-bond acceptors (Lipinski definition) is 6. The summed E-state index contributed by atoms with van der Waals surface area (Å²) in [6, 6.07) is 0. The molecule has 3 heterocycles. The Morgan fingerprint density at radius 3 is 3.06 bits per heavy atom. The number of nitrogens with zero attached hydrogens (tertiary/aromatic N) is 2. The maximum atomic E-state index is 5.65. The van der Waals surface area contributed by atoms with E-state index in [0.717, 1.165) is 37.1 Å². The van der Waals surface area contributed by atoms with Gasteiger partial charge in [0.15, 0.2) is 0 Å². The molecule has 3 atom stereocenters. The molecule has 0 radical (unpaired) electrons. The second-order valence-corrected chi connectivity index (χ2v) is 5.82. The van der Waals surface area contributed by atoms with Gasteiger partial charge >= 0.3 is 0 Å². The zero-order chi connectivity index (χ0) is 11.7. The van der Waals surface area contributed by atoms with Gasteiger partial charge < -0.3 is 14.6 Å². The molecule has 0 amide bonds.